The van der Waals surface area contributed by atoms with Crippen LogP contribution in [0.1, 0.15) is 54.0 Å². The molecule has 0 radical (unpaired) electrons. The lowest BCUT2D eigenvalue weighted by Crippen LogP contribution is -2.39. The van der Waals surface area contributed by atoms with Crippen molar-refractivity contribution in [3.8, 4) is 11.3 Å². The zero-order chi connectivity index (χ0) is 28.1. The fourth-order valence-corrected chi connectivity index (χ4v) is 5.94. The smallest absolute Gasteiger partial charge is 0.270 e. The number of fused-ring (bicyclic) bond motifs is 1. The molecule has 0 aromatic carbocycles. The van der Waals surface area contributed by atoms with Crippen molar-refractivity contribution in [1.82, 2.24) is 25.0 Å². The second kappa shape index (κ2) is 12.6. The number of hydrogen-bond donors (Lipinski definition) is 3. The Morgan fingerprint density at radius 3 is 2.62 bits per heavy atom. The van der Waals surface area contributed by atoms with Gasteiger partial charge in [0.25, 0.3) is 11.8 Å². The van der Waals surface area contributed by atoms with Crippen molar-refractivity contribution in [2.75, 3.05) is 31.1 Å². The molecule has 1 atom stereocenters. The molecular formula is C30H36N6O3S. The number of aliphatic hydroxyl groups excluding tert-OH is 1. The maximum absolute atomic E-state index is 13.5. The Morgan fingerprint density at radius 2 is 1.95 bits per heavy atom. The van der Waals surface area contributed by atoms with E-state index < -0.39 is 0 Å². The number of aromatic nitrogens is 3. The van der Waals surface area contributed by atoms with E-state index in [1.807, 2.05) is 41.2 Å². The molecule has 0 aliphatic carbocycles. The van der Waals surface area contributed by atoms with Gasteiger partial charge in [-0.15, -0.1) is 0 Å². The van der Waals surface area contributed by atoms with Gasteiger partial charge in [-0.1, -0.05) is 19.9 Å². The van der Waals surface area contributed by atoms with Gasteiger partial charge >= 0.3 is 0 Å². The number of imidazole rings is 1. The van der Waals surface area contributed by atoms with Crippen LogP contribution in [0.4, 0.5) is 5.82 Å². The van der Waals surface area contributed by atoms with Crippen molar-refractivity contribution in [3.05, 3.63) is 70.8 Å². The molecule has 2 amide bonds. The summed E-state index contributed by atoms with van der Waals surface area (Å²) in [7, 11) is 0. The van der Waals surface area contributed by atoms with Crippen LogP contribution >= 0.6 is 11.3 Å². The first-order valence-electron chi connectivity index (χ1n) is 13.8. The highest BCUT2D eigenvalue weighted by molar-refractivity contribution is 7.08. The third-order valence-corrected chi connectivity index (χ3v) is 8.04. The van der Waals surface area contributed by atoms with Crippen LogP contribution in [0.15, 0.2) is 59.6 Å². The van der Waals surface area contributed by atoms with Gasteiger partial charge < -0.3 is 20.6 Å². The number of anilines is 1. The summed E-state index contributed by atoms with van der Waals surface area (Å²) in [5.74, 6) is 1.15. The molecule has 40 heavy (non-hydrogen) atoms. The van der Waals surface area contributed by atoms with Gasteiger partial charge in [-0.3, -0.25) is 14.0 Å². The predicted molar refractivity (Wildman–Crippen MR) is 158 cm³/mol. The largest absolute Gasteiger partial charge is 0.394 e. The number of pyridine rings is 2. The summed E-state index contributed by atoms with van der Waals surface area (Å²) in [6.45, 7) is 6.34. The van der Waals surface area contributed by atoms with E-state index in [-0.39, 0.29) is 24.5 Å². The molecule has 1 aliphatic heterocycles. The van der Waals surface area contributed by atoms with Gasteiger partial charge in [0.05, 0.1) is 18.2 Å². The van der Waals surface area contributed by atoms with E-state index in [9.17, 15) is 14.7 Å². The Balaban J connectivity index is 1.34. The van der Waals surface area contributed by atoms with E-state index in [0.29, 0.717) is 47.4 Å². The van der Waals surface area contributed by atoms with Crippen LogP contribution in [0.3, 0.4) is 0 Å². The third-order valence-electron chi connectivity index (χ3n) is 7.35. The molecule has 1 fully saturated rings. The zero-order valence-corrected chi connectivity index (χ0v) is 23.7. The lowest BCUT2D eigenvalue weighted by molar-refractivity contribution is 0.0901. The SMILES string of the molecule is CC(C)C[C@@H](CO)NC(=O)c1c(-c2ccsc2)nc2c(C(=O)NCC3CCN(c4ccccn4)CC3)cccn12. The Hall–Kier alpha value is -3.76. The number of thiophene rings is 1. The number of nitrogens with zero attached hydrogens (tertiary/aromatic N) is 4. The van der Waals surface area contributed by atoms with Crippen molar-refractivity contribution >= 4 is 34.6 Å². The molecule has 0 saturated carbocycles. The summed E-state index contributed by atoms with van der Waals surface area (Å²) in [5, 5.41) is 19.8. The number of piperidine rings is 1. The first kappa shape index (κ1) is 27.8. The molecule has 0 unspecified atom stereocenters. The first-order valence-corrected chi connectivity index (χ1v) is 14.8. The van der Waals surface area contributed by atoms with Crippen molar-refractivity contribution in [1.29, 1.82) is 0 Å². The Morgan fingerprint density at radius 1 is 1.12 bits per heavy atom. The fourth-order valence-electron chi connectivity index (χ4n) is 5.30. The molecule has 1 saturated heterocycles. The third kappa shape index (κ3) is 6.18. The molecule has 9 nitrogen and oxygen atoms in total. The topological polar surface area (TPSA) is 112 Å². The average molecular weight is 561 g/mol. The van der Waals surface area contributed by atoms with Crippen LogP contribution in [0.25, 0.3) is 16.9 Å². The number of carbonyl (C=O) groups is 2. The highest BCUT2D eigenvalue weighted by Crippen LogP contribution is 2.28. The van der Waals surface area contributed by atoms with E-state index in [0.717, 1.165) is 37.3 Å². The van der Waals surface area contributed by atoms with Gasteiger partial charge in [-0.2, -0.15) is 11.3 Å². The summed E-state index contributed by atoms with van der Waals surface area (Å²) < 4.78 is 1.69. The molecular weight excluding hydrogens is 524 g/mol. The highest BCUT2D eigenvalue weighted by Gasteiger charge is 2.26. The number of hydrogen-bond acceptors (Lipinski definition) is 7. The molecule has 4 aromatic heterocycles. The number of amides is 2. The van der Waals surface area contributed by atoms with Crippen LogP contribution in [0.2, 0.25) is 0 Å². The number of carbonyl (C=O) groups excluding carboxylic acids is 2. The lowest BCUT2D eigenvalue weighted by Gasteiger charge is -2.32. The van der Waals surface area contributed by atoms with Gasteiger partial charge in [-0.05, 0) is 66.8 Å². The maximum Gasteiger partial charge on any atom is 0.270 e. The normalized spacial score (nSPS) is 14.9. The molecule has 5 heterocycles. The van der Waals surface area contributed by atoms with Crippen molar-refractivity contribution in [2.45, 2.75) is 39.2 Å². The van der Waals surface area contributed by atoms with Crippen LogP contribution < -0.4 is 15.5 Å². The van der Waals surface area contributed by atoms with Gasteiger partial charge in [0.1, 0.15) is 17.2 Å². The minimum Gasteiger partial charge on any atom is -0.394 e. The molecule has 5 rings (SSSR count). The van der Waals surface area contributed by atoms with Crippen molar-refractivity contribution in [2.24, 2.45) is 11.8 Å². The standard InChI is InChI=1S/C30H36N6O3S/c1-20(2)16-23(18-37)33-30(39)27-26(22-10-15-40-19-22)34-28-24(6-5-12-36(27)28)29(38)32-17-21-8-13-35(14-9-21)25-7-3-4-11-31-25/h3-7,10-12,15,19-21,23,37H,8-9,13-14,16-18H2,1-2H3,(H,32,38)(H,33,39)/t23-/m0/s1. The molecule has 1 aliphatic rings. The maximum atomic E-state index is 13.5. The van der Waals surface area contributed by atoms with Crippen molar-refractivity contribution < 1.29 is 14.7 Å². The minimum absolute atomic E-state index is 0.150. The molecule has 0 bridgehead atoms. The first-order chi connectivity index (χ1) is 19.4. The van der Waals surface area contributed by atoms with E-state index in [4.69, 9.17) is 4.98 Å². The van der Waals surface area contributed by atoms with E-state index in [1.54, 1.807) is 22.7 Å². The molecule has 210 valence electrons. The van der Waals surface area contributed by atoms with E-state index in [2.05, 4.69) is 34.4 Å². The van der Waals surface area contributed by atoms with Gasteiger partial charge in [-0.25, -0.2) is 9.97 Å². The van der Waals surface area contributed by atoms with Gasteiger partial charge in [0.2, 0.25) is 0 Å². The minimum atomic E-state index is -0.371. The van der Waals surface area contributed by atoms with Crippen LogP contribution in [0.5, 0.6) is 0 Å². The highest BCUT2D eigenvalue weighted by atomic mass is 32.1. The number of nitrogens with one attached hydrogen (secondary N) is 2. The Bertz CT molecular complexity index is 1430. The summed E-state index contributed by atoms with van der Waals surface area (Å²) in [6.07, 6.45) is 6.17. The molecule has 0 spiro atoms. The fraction of sp³-hybridized carbons (Fsp3) is 0.400. The zero-order valence-electron chi connectivity index (χ0n) is 22.9. The van der Waals surface area contributed by atoms with E-state index in [1.165, 1.54) is 11.3 Å². The second-order valence-electron chi connectivity index (χ2n) is 10.7. The van der Waals surface area contributed by atoms with Gasteiger partial charge in [0.15, 0.2) is 5.65 Å². The quantitative estimate of drug-likeness (QED) is 0.268. The van der Waals surface area contributed by atoms with E-state index >= 15 is 0 Å². The number of rotatable bonds is 10. The second-order valence-corrected chi connectivity index (χ2v) is 11.5. The summed E-state index contributed by atoms with van der Waals surface area (Å²) in [5.41, 5.74) is 2.54. The lowest BCUT2D eigenvalue weighted by atomic mass is 9.96. The molecule has 3 N–H and O–H groups in total. The van der Waals surface area contributed by atoms with Gasteiger partial charge in [0, 0.05) is 43.0 Å². The van der Waals surface area contributed by atoms with Crippen LogP contribution in [-0.2, 0) is 0 Å². The van der Waals surface area contributed by atoms with Crippen molar-refractivity contribution in [3.63, 3.8) is 0 Å². The Kier molecular flexibility index (Phi) is 8.76. The molecule has 10 heteroatoms. The van der Waals surface area contributed by atoms with Crippen LogP contribution in [0, 0.1) is 11.8 Å². The summed E-state index contributed by atoms with van der Waals surface area (Å²) in [6, 6.07) is 11.0. The summed E-state index contributed by atoms with van der Waals surface area (Å²) in [4.78, 5) is 38.5. The average Bonchev–Trinajstić information content (AvgIpc) is 3.64. The number of aliphatic hydroxyl groups is 1. The monoisotopic (exact) mass is 560 g/mol. The molecule has 4 aromatic rings. The van der Waals surface area contributed by atoms with Crippen LogP contribution in [-0.4, -0.2) is 63.6 Å². The Labute approximate surface area is 238 Å². The summed E-state index contributed by atoms with van der Waals surface area (Å²) >= 11 is 1.52. The predicted octanol–water partition coefficient (Wildman–Crippen LogP) is 4.24.